The number of aryl methyl sites for hydroxylation is 1. The number of hydrogen-bond donors (Lipinski definition) is 1. The summed E-state index contributed by atoms with van der Waals surface area (Å²) in [6.45, 7) is 2.42. The number of anilines is 1. The molecular weight excluding hydrogens is 316 g/mol. The largest absolute Gasteiger partial charge is 0.378 e. The summed E-state index contributed by atoms with van der Waals surface area (Å²) in [6, 6.07) is 15.6. The summed E-state index contributed by atoms with van der Waals surface area (Å²) in [5, 5.41) is 6.70. The lowest BCUT2D eigenvalue weighted by Gasteiger charge is -2.11. The molecule has 0 bridgehead atoms. The standard InChI is InChI=1S/C19H20N4O2/c1-13-6-4-5-7-15(13)12-20-18(24)19-21-17(22-25-19)14-8-10-16(11-9-14)23(2)3/h4-11H,12H2,1-3H3,(H,20,24). The number of nitrogens with one attached hydrogen (secondary N) is 1. The highest BCUT2D eigenvalue weighted by molar-refractivity contribution is 5.89. The topological polar surface area (TPSA) is 71.3 Å². The molecule has 0 spiro atoms. The van der Waals surface area contributed by atoms with Crippen molar-refractivity contribution in [2.75, 3.05) is 19.0 Å². The molecule has 1 amide bonds. The molecule has 0 fully saturated rings. The van der Waals surface area contributed by atoms with Gasteiger partial charge in [-0.25, -0.2) is 0 Å². The lowest BCUT2D eigenvalue weighted by molar-refractivity contribution is 0.0907. The predicted molar refractivity (Wildman–Crippen MR) is 96.4 cm³/mol. The van der Waals surface area contributed by atoms with Crippen molar-refractivity contribution in [1.29, 1.82) is 0 Å². The van der Waals surface area contributed by atoms with E-state index in [9.17, 15) is 4.79 Å². The van der Waals surface area contributed by atoms with E-state index in [1.807, 2.05) is 74.4 Å². The minimum atomic E-state index is -0.382. The van der Waals surface area contributed by atoms with Crippen molar-refractivity contribution in [3.8, 4) is 11.4 Å². The Balaban J connectivity index is 1.68. The van der Waals surface area contributed by atoms with E-state index in [0.29, 0.717) is 12.4 Å². The van der Waals surface area contributed by atoms with E-state index in [0.717, 1.165) is 22.4 Å². The zero-order valence-corrected chi connectivity index (χ0v) is 14.5. The molecule has 25 heavy (non-hydrogen) atoms. The second kappa shape index (κ2) is 7.17. The summed E-state index contributed by atoms with van der Waals surface area (Å²) < 4.78 is 5.09. The maximum absolute atomic E-state index is 12.2. The van der Waals surface area contributed by atoms with E-state index in [1.54, 1.807) is 0 Å². The van der Waals surface area contributed by atoms with Gasteiger partial charge in [-0.2, -0.15) is 4.98 Å². The molecule has 0 atom stereocenters. The molecule has 0 aliphatic heterocycles. The molecule has 3 aromatic rings. The molecule has 1 aromatic heterocycles. The minimum absolute atomic E-state index is 0.0414. The fourth-order valence-electron chi connectivity index (χ4n) is 2.40. The van der Waals surface area contributed by atoms with Crippen LogP contribution in [0.3, 0.4) is 0 Å². The maximum Gasteiger partial charge on any atom is 0.316 e. The Labute approximate surface area is 146 Å². The number of hydrogen-bond acceptors (Lipinski definition) is 5. The predicted octanol–water partition coefficient (Wildman–Crippen LogP) is 3.04. The Morgan fingerprint density at radius 2 is 1.84 bits per heavy atom. The second-order valence-corrected chi connectivity index (χ2v) is 5.97. The van der Waals surface area contributed by atoms with Crippen LogP contribution in [0.2, 0.25) is 0 Å². The summed E-state index contributed by atoms with van der Waals surface area (Å²) in [7, 11) is 3.94. The smallest absolute Gasteiger partial charge is 0.316 e. The molecule has 6 heteroatoms. The number of nitrogens with zero attached hydrogens (tertiary/aromatic N) is 3. The van der Waals surface area contributed by atoms with Crippen LogP contribution in [0.1, 0.15) is 21.8 Å². The average Bonchev–Trinajstić information content (AvgIpc) is 3.11. The Hall–Kier alpha value is -3.15. The van der Waals surface area contributed by atoms with Crippen LogP contribution >= 0.6 is 0 Å². The van der Waals surface area contributed by atoms with Gasteiger partial charge in [0.25, 0.3) is 0 Å². The fraction of sp³-hybridized carbons (Fsp3) is 0.211. The zero-order valence-electron chi connectivity index (χ0n) is 14.5. The first kappa shape index (κ1) is 16.7. The van der Waals surface area contributed by atoms with Crippen molar-refractivity contribution in [2.45, 2.75) is 13.5 Å². The normalized spacial score (nSPS) is 10.5. The third-order valence-electron chi connectivity index (χ3n) is 3.96. The van der Waals surface area contributed by atoms with Gasteiger partial charge >= 0.3 is 11.8 Å². The van der Waals surface area contributed by atoms with Crippen LogP contribution in [0.25, 0.3) is 11.4 Å². The average molecular weight is 336 g/mol. The summed E-state index contributed by atoms with van der Waals surface area (Å²) >= 11 is 0. The first-order chi connectivity index (χ1) is 12.0. The van der Waals surface area contributed by atoms with E-state index in [-0.39, 0.29) is 11.8 Å². The van der Waals surface area contributed by atoms with Crippen molar-refractivity contribution in [3.05, 3.63) is 65.5 Å². The summed E-state index contributed by atoms with van der Waals surface area (Å²) in [4.78, 5) is 18.4. The Morgan fingerprint density at radius 3 is 2.52 bits per heavy atom. The van der Waals surface area contributed by atoms with Crippen molar-refractivity contribution in [1.82, 2.24) is 15.5 Å². The van der Waals surface area contributed by atoms with Crippen LogP contribution in [0.5, 0.6) is 0 Å². The van der Waals surface area contributed by atoms with E-state index >= 15 is 0 Å². The van der Waals surface area contributed by atoms with Crippen LogP contribution in [-0.2, 0) is 6.54 Å². The van der Waals surface area contributed by atoms with E-state index in [2.05, 4.69) is 15.5 Å². The van der Waals surface area contributed by atoms with Gasteiger partial charge in [-0.1, -0.05) is 29.4 Å². The molecule has 6 nitrogen and oxygen atoms in total. The van der Waals surface area contributed by atoms with Gasteiger partial charge in [-0.15, -0.1) is 0 Å². The van der Waals surface area contributed by atoms with Crippen LogP contribution in [0.15, 0.2) is 53.1 Å². The van der Waals surface area contributed by atoms with Crippen LogP contribution < -0.4 is 10.2 Å². The van der Waals surface area contributed by atoms with Crippen molar-refractivity contribution in [2.24, 2.45) is 0 Å². The van der Waals surface area contributed by atoms with Gasteiger partial charge in [0.05, 0.1) is 0 Å². The molecule has 0 saturated carbocycles. The van der Waals surface area contributed by atoms with Crippen LogP contribution in [0, 0.1) is 6.92 Å². The van der Waals surface area contributed by atoms with Gasteiger partial charge in [0.2, 0.25) is 5.82 Å². The van der Waals surface area contributed by atoms with Crippen LogP contribution in [0.4, 0.5) is 5.69 Å². The molecular formula is C19H20N4O2. The molecule has 0 aliphatic carbocycles. The van der Waals surface area contributed by atoms with E-state index in [1.165, 1.54) is 0 Å². The first-order valence-corrected chi connectivity index (χ1v) is 7.99. The lowest BCUT2D eigenvalue weighted by atomic mass is 10.1. The SMILES string of the molecule is Cc1ccccc1CNC(=O)c1nc(-c2ccc(N(C)C)cc2)no1. The van der Waals surface area contributed by atoms with E-state index in [4.69, 9.17) is 4.52 Å². The number of aromatic nitrogens is 2. The molecule has 0 unspecified atom stereocenters. The molecule has 128 valence electrons. The molecule has 0 radical (unpaired) electrons. The van der Waals surface area contributed by atoms with E-state index < -0.39 is 0 Å². The monoisotopic (exact) mass is 336 g/mol. The highest BCUT2D eigenvalue weighted by Gasteiger charge is 2.16. The van der Waals surface area contributed by atoms with Gasteiger partial charge in [0.15, 0.2) is 0 Å². The number of amides is 1. The summed E-state index contributed by atoms with van der Waals surface area (Å²) in [5.74, 6) is -0.0291. The van der Waals surface area contributed by atoms with Gasteiger partial charge in [-0.05, 0) is 42.3 Å². The quantitative estimate of drug-likeness (QED) is 0.775. The number of rotatable bonds is 5. The van der Waals surface area contributed by atoms with Gasteiger partial charge in [0, 0.05) is 31.9 Å². The summed E-state index contributed by atoms with van der Waals surface area (Å²) in [6.07, 6.45) is 0. The molecule has 1 heterocycles. The van der Waals surface area contributed by atoms with Crippen molar-refractivity contribution < 1.29 is 9.32 Å². The number of carbonyl (C=O) groups is 1. The van der Waals surface area contributed by atoms with Gasteiger partial charge in [0.1, 0.15) is 0 Å². The lowest BCUT2D eigenvalue weighted by Crippen LogP contribution is -2.23. The Morgan fingerprint density at radius 1 is 1.12 bits per heavy atom. The second-order valence-electron chi connectivity index (χ2n) is 5.97. The Bertz CT molecular complexity index is 869. The van der Waals surface area contributed by atoms with Crippen molar-refractivity contribution >= 4 is 11.6 Å². The number of benzene rings is 2. The highest BCUT2D eigenvalue weighted by atomic mass is 16.5. The fourth-order valence-corrected chi connectivity index (χ4v) is 2.40. The number of carbonyl (C=O) groups excluding carboxylic acids is 1. The molecule has 0 aliphatic rings. The van der Waals surface area contributed by atoms with Gasteiger partial charge < -0.3 is 14.7 Å². The third-order valence-corrected chi connectivity index (χ3v) is 3.96. The summed E-state index contributed by atoms with van der Waals surface area (Å²) in [5.41, 5.74) is 4.04. The molecule has 0 saturated heterocycles. The highest BCUT2D eigenvalue weighted by Crippen LogP contribution is 2.20. The van der Waals surface area contributed by atoms with Gasteiger partial charge in [-0.3, -0.25) is 4.79 Å². The minimum Gasteiger partial charge on any atom is -0.378 e. The molecule has 3 rings (SSSR count). The zero-order chi connectivity index (χ0) is 17.8. The molecule has 2 aromatic carbocycles. The third kappa shape index (κ3) is 3.85. The first-order valence-electron chi connectivity index (χ1n) is 7.99. The molecule has 1 N–H and O–H groups in total. The van der Waals surface area contributed by atoms with Crippen LogP contribution in [-0.4, -0.2) is 30.1 Å². The Kier molecular flexibility index (Phi) is 4.79. The maximum atomic E-state index is 12.2. The van der Waals surface area contributed by atoms with Crippen molar-refractivity contribution in [3.63, 3.8) is 0 Å².